The highest BCUT2D eigenvalue weighted by Crippen LogP contribution is 2.45. The lowest BCUT2D eigenvalue weighted by Gasteiger charge is -2.28. The molecule has 0 bridgehead atoms. The lowest BCUT2D eigenvalue weighted by atomic mass is 9.96. The molecular weight excluding hydrogens is 734 g/mol. The topological polar surface area (TPSA) is 11.4 Å². The summed E-state index contributed by atoms with van der Waals surface area (Å²) in [4.78, 5) is 4.59. The minimum absolute atomic E-state index is 0.269. The van der Waals surface area contributed by atoms with Gasteiger partial charge in [-0.25, -0.2) is 4.39 Å². The van der Waals surface area contributed by atoms with Crippen LogP contribution in [0.1, 0.15) is 0 Å². The summed E-state index contributed by atoms with van der Waals surface area (Å²) in [5, 5.41) is 6.94. The summed E-state index contributed by atoms with van der Waals surface area (Å²) in [5.74, 6) is -0.269. The average Bonchev–Trinajstić information content (AvgIpc) is 3.64. The van der Waals surface area contributed by atoms with Gasteiger partial charge in [0.2, 0.25) is 0 Å². The predicted molar refractivity (Wildman–Crippen MR) is 251 cm³/mol. The van der Waals surface area contributed by atoms with E-state index in [1.165, 1.54) is 28.3 Å². The van der Waals surface area contributed by atoms with Crippen LogP contribution in [0.5, 0.6) is 0 Å². The van der Waals surface area contributed by atoms with Gasteiger partial charge in [0, 0.05) is 50.0 Å². The molecule has 0 unspecified atom stereocenters. The van der Waals surface area contributed by atoms with Crippen molar-refractivity contribution in [2.75, 3.05) is 9.80 Å². The van der Waals surface area contributed by atoms with E-state index in [0.717, 1.165) is 78.1 Å². The molecule has 10 aromatic carbocycles. The summed E-state index contributed by atoms with van der Waals surface area (Å²) < 4.78 is 16.8. The van der Waals surface area contributed by atoms with Crippen LogP contribution in [-0.4, -0.2) is 4.57 Å². The Morgan fingerprint density at radius 2 is 0.867 bits per heavy atom. The standard InChI is InChI=1S/C56H38FN3/c57-41-28-32-45(33-29-41)59(46-34-36-56-52(38-46)51-23-11-12-24-54(51)60(56)43-18-5-2-6-19-43)55-37-35-47(49-21-9-10-22-50(49)55)40-26-30-44(31-27-40)58(42-16-3-1-4-17-42)53-25-13-15-39-14-7-8-20-48(39)53/h1-38H. The fourth-order valence-corrected chi connectivity index (χ4v) is 8.90. The molecule has 0 saturated heterocycles. The van der Waals surface area contributed by atoms with Gasteiger partial charge in [-0.05, 0) is 119 Å². The molecule has 0 radical (unpaired) electrons. The van der Waals surface area contributed by atoms with E-state index in [0.29, 0.717) is 0 Å². The molecule has 11 rings (SSSR count). The quantitative estimate of drug-likeness (QED) is 0.152. The zero-order valence-electron chi connectivity index (χ0n) is 32.7. The van der Waals surface area contributed by atoms with E-state index in [1.807, 2.05) is 18.2 Å². The van der Waals surface area contributed by atoms with Crippen molar-refractivity contribution in [1.29, 1.82) is 0 Å². The van der Waals surface area contributed by atoms with Crippen molar-refractivity contribution >= 4 is 77.5 Å². The predicted octanol–water partition coefficient (Wildman–Crippen LogP) is 15.8. The Bertz CT molecular complexity index is 3310. The van der Waals surface area contributed by atoms with Gasteiger partial charge in [-0.2, -0.15) is 0 Å². The third-order valence-electron chi connectivity index (χ3n) is 11.6. The van der Waals surface area contributed by atoms with Crippen LogP contribution in [0, 0.1) is 5.82 Å². The minimum atomic E-state index is -0.269. The summed E-state index contributed by atoms with van der Waals surface area (Å²) in [6, 6.07) is 80.1. The second-order valence-electron chi connectivity index (χ2n) is 15.1. The van der Waals surface area contributed by atoms with Crippen molar-refractivity contribution in [2.24, 2.45) is 0 Å². The molecule has 0 amide bonds. The largest absolute Gasteiger partial charge is 0.310 e. The number of aromatic nitrogens is 1. The smallest absolute Gasteiger partial charge is 0.123 e. The van der Waals surface area contributed by atoms with Gasteiger partial charge in [-0.3, -0.25) is 0 Å². The fraction of sp³-hybridized carbons (Fsp3) is 0. The van der Waals surface area contributed by atoms with Gasteiger partial charge in [-0.1, -0.05) is 133 Å². The van der Waals surface area contributed by atoms with E-state index in [4.69, 9.17) is 0 Å². The number of benzene rings is 10. The molecule has 11 aromatic rings. The third-order valence-corrected chi connectivity index (χ3v) is 11.6. The molecular formula is C56H38FN3. The fourth-order valence-electron chi connectivity index (χ4n) is 8.90. The van der Waals surface area contributed by atoms with E-state index < -0.39 is 0 Å². The van der Waals surface area contributed by atoms with Gasteiger partial charge in [0.25, 0.3) is 0 Å². The lowest BCUT2D eigenvalue weighted by molar-refractivity contribution is 0.628. The van der Waals surface area contributed by atoms with Gasteiger partial charge >= 0.3 is 0 Å². The first-order valence-electron chi connectivity index (χ1n) is 20.3. The molecule has 284 valence electrons. The monoisotopic (exact) mass is 771 g/mol. The first kappa shape index (κ1) is 35.2. The first-order valence-corrected chi connectivity index (χ1v) is 20.3. The zero-order chi connectivity index (χ0) is 40.0. The Hall–Kier alpha value is -7.95. The van der Waals surface area contributed by atoms with Crippen molar-refractivity contribution in [3.63, 3.8) is 0 Å². The van der Waals surface area contributed by atoms with E-state index in [-0.39, 0.29) is 5.82 Å². The van der Waals surface area contributed by atoms with Crippen LogP contribution in [0.4, 0.5) is 38.5 Å². The maximum Gasteiger partial charge on any atom is 0.123 e. The Labute approximate surface area is 348 Å². The number of para-hydroxylation sites is 3. The Morgan fingerprint density at radius 1 is 0.333 bits per heavy atom. The van der Waals surface area contributed by atoms with Crippen molar-refractivity contribution in [1.82, 2.24) is 4.57 Å². The van der Waals surface area contributed by atoms with Crippen LogP contribution in [0.3, 0.4) is 0 Å². The highest BCUT2D eigenvalue weighted by molar-refractivity contribution is 6.12. The summed E-state index contributed by atoms with van der Waals surface area (Å²) in [6.45, 7) is 0. The van der Waals surface area contributed by atoms with Crippen LogP contribution in [0.15, 0.2) is 231 Å². The van der Waals surface area contributed by atoms with Gasteiger partial charge in [0.05, 0.1) is 22.4 Å². The Kier molecular flexibility index (Phi) is 8.67. The first-order chi connectivity index (χ1) is 29.7. The van der Waals surface area contributed by atoms with Gasteiger partial charge in [-0.15, -0.1) is 0 Å². The second-order valence-corrected chi connectivity index (χ2v) is 15.1. The number of nitrogens with zero attached hydrogens (tertiary/aromatic N) is 3. The third kappa shape index (κ3) is 6.05. The van der Waals surface area contributed by atoms with Crippen LogP contribution in [0.25, 0.3) is 60.2 Å². The van der Waals surface area contributed by atoms with Crippen molar-refractivity contribution < 1.29 is 4.39 Å². The molecule has 3 nitrogen and oxygen atoms in total. The molecule has 1 heterocycles. The van der Waals surface area contributed by atoms with Crippen LogP contribution >= 0.6 is 0 Å². The summed E-state index contributed by atoms with van der Waals surface area (Å²) in [5.41, 5.74) is 11.8. The second kappa shape index (κ2) is 14.8. The van der Waals surface area contributed by atoms with E-state index in [2.05, 4.69) is 215 Å². The molecule has 1 aromatic heterocycles. The maximum absolute atomic E-state index is 14.5. The normalized spacial score (nSPS) is 11.4. The number of rotatable bonds is 8. The van der Waals surface area contributed by atoms with Crippen molar-refractivity contribution in [3.05, 3.63) is 236 Å². The highest BCUT2D eigenvalue weighted by Gasteiger charge is 2.21. The SMILES string of the molecule is Fc1ccc(N(c2ccc3c(c2)c2ccccc2n3-c2ccccc2)c2ccc(-c3ccc(N(c4ccccc4)c4cccc5ccccc45)cc3)c3ccccc23)cc1. The maximum atomic E-state index is 14.5. The van der Waals surface area contributed by atoms with Crippen molar-refractivity contribution in [2.45, 2.75) is 0 Å². The van der Waals surface area contributed by atoms with Crippen molar-refractivity contribution in [3.8, 4) is 16.8 Å². The zero-order valence-corrected chi connectivity index (χ0v) is 32.7. The van der Waals surface area contributed by atoms with Crippen LogP contribution in [-0.2, 0) is 0 Å². The summed E-state index contributed by atoms with van der Waals surface area (Å²) >= 11 is 0. The number of anilines is 6. The van der Waals surface area contributed by atoms with Gasteiger partial charge < -0.3 is 14.4 Å². The number of fused-ring (bicyclic) bond motifs is 5. The molecule has 0 N–H and O–H groups in total. The number of halogens is 1. The van der Waals surface area contributed by atoms with E-state index in [1.54, 1.807) is 0 Å². The lowest BCUT2D eigenvalue weighted by Crippen LogP contribution is -2.11. The van der Waals surface area contributed by atoms with Gasteiger partial charge in [0.15, 0.2) is 0 Å². The summed E-state index contributed by atoms with van der Waals surface area (Å²) in [7, 11) is 0. The van der Waals surface area contributed by atoms with Crippen LogP contribution in [0.2, 0.25) is 0 Å². The Balaban J connectivity index is 1.04. The number of hydrogen-bond acceptors (Lipinski definition) is 2. The molecule has 0 fully saturated rings. The molecule has 0 atom stereocenters. The molecule has 0 saturated carbocycles. The molecule has 0 spiro atoms. The highest BCUT2D eigenvalue weighted by atomic mass is 19.1. The van der Waals surface area contributed by atoms with E-state index in [9.17, 15) is 4.39 Å². The van der Waals surface area contributed by atoms with Crippen LogP contribution < -0.4 is 9.80 Å². The molecule has 0 aliphatic rings. The van der Waals surface area contributed by atoms with Gasteiger partial charge in [0.1, 0.15) is 5.82 Å². The molecule has 4 heteroatoms. The number of hydrogen-bond donors (Lipinski definition) is 0. The van der Waals surface area contributed by atoms with E-state index >= 15 is 0 Å². The minimum Gasteiger partial charge on any atom is -0.310 e. The molecule has 0 aliphatic heterocycles. The summed E-state index contributed by atoms with van der Waals surface area (Å²) in [6.07, 6.45) is 0. The Morgan fingerprint density at radius 3 is 1.63 bits per heavy atom. The average molecular weight is 772 g/mol. The molecule has 0 aliphatic carbocycles. The molecule has 60 heavy (non-hydrogen) atoms.